The van der Waals surface area contributed by atoms with E-state index in [0.717, 1.165) is 46.5 Å². The molecule has 0 saturated carbocycles. The van der Waals surface area contributed by atoms with E-state index in [1.807, 2.05) is 60.7 Å². The molecule has 1 aliphatic rings. The van der Waals surface area contributed by atoms with Crippen LogP contribution in [0.2, 0.25) is 0 Å². The number of hydrogen-bond acceptors (Lipinski definition) is 6. The van der Waals surface area contributed by atoms with Crippen molar-refractivity contribution in [1.29, 1.82) is 0 Å². The molecule has 0 heterocycles. The molecular weight excluding hydrogens is 708 g/mol. The normalized spacial score (nSPS) is 13.0. The molecule has 53 heavy (non-hydrogen) atoms. The topological polar surface area (TPSA) is 123 Å². The summed E-state index contributed by atoms with van der Waals surface area (Å²) < 4.78 is 112. The number of nitrogens with two attached hydrogens (primary N) is 4. The van der Waals surface area contributed by atoms with Gasteiger partial charge in [-0.15, -0.1) is 26.3 Å². The van der Waals surface area contributed by atoms with Gasteiger partial charge in [0.1, 0.15) is 23.1 Å². The van der Waals surface area contributed by atoms with Crippen molar-refractivity contribution in [3.05, 3.63) is 155 Å². The first-order valence-electron chi connectivity index (χ1n) is 15.6. The number of halogens is 8. The van der Waals surface area contributed by atoms with Crippen LogP contribution in [0.25, 0.3) is 22.3 Å². The zero-order valence-corrected chi connectivity index (χ0v) is 27.2. The minimum absolute atomic E-state index is 0.0632. The molecule has 0 aromatic heterocycles. The molecule has 0 bridgehead atoms. The Balaban J connectivity index is 0.000000185. The van der Waals surface area contributed by atoms with Gasteiger partial charge in [-0.3, -0.25) is 0 Å². The Morgan fingerprint density at radius 1 is 0.434 bits per heavy atom. The predicted octanol–water partition coefficient (Wildman–Crippen LogP) is 9.81. The summed E-state index contributed by atoms with van der Waals surface area (Å²) in [5.41, 5.74) is 26.3. The monoisotopic (exact) mass is 736 g/mol. The fourth-order valence-corrected chi connectivity index (χ4v) is 6.49. The van der Waals surface area contributed by atoms with Crippen molar-refractivity contribution < 1.29 is 44.6 Å². The molecule has 0 aliphatic heterocycles. The Morgan fingerprint density at radius 3 is 1.17 bits per heavy atom. The van der Waals surface area contributed by atoms with E-state index < -0.39 is 41.3 Å². The fourth-order valence-electron chi connectivity index (χ4n) is 6.49. The number of ether oxygens (including phenoxy) is 2. The summed E-state index contributed by atoms with van der Waals surface area (Å²) in [6.45, 7) is 0. The second kappa shape index (κ2) is 13.6. The van der Waals surface area contributed by atoms with Crippen molar-refractivity contribution in [2.75, 3.05) is 22.9 Å². The third-order valence-electron chi connectivity index (χ3n) is 8.57. The van der Waals surface area contributed by atoms with Crippen LogP contribution in [-0.4, -0.2) is 12.7 Å². The lowest BCUT2D eigenvalue weighted by Crippen LogP contribution is -2.29. The predicted molar refractivity (Wildman–Crippen MR) is 187 cm³/mol. The second-order valence-electron chi connectivity index (χ2n) is 11.9. The molecule has 0 atom stereocenters. The van der Waals surface area contributed by atoms with Crippen molar-refractivity contribution >= 4 is 22.7 Å². The van der Waals surface area contributed by atoms with Gasteiger partial charge in [0.25, 0.3) is 0 Å². The molecule has 6 aromatic rings. The maximum Gasteiger partial charge on any atom is 0.573 e. The van der Waals surface area contributed by atoms with Gasteiger partial charge < -0.3 is 32.4 Å². The number of benzene rings is 6. The van der Waals surface area contributed by atoms with Crippen LogP contribution >= 0.6 is 0 Å². The van der Waals surface area contributed by atoms with E-state index in [4.69, 9.17) is 22.9 Å². The van der Waals surface area contributed by atoms with E-state index in [2.05, 4.69) is 9.47 Å². The number of anilines is 4. The summed E-state index contributed by atoms with van der Waals surface area (Å²) in [6.07, 6.45) is -10.1. The van der Waals surface area contributed by atoms with Gasteiger partial charge in [0, 0.05) is 34.6 Å². The highest BCUT2D eigenvalue weighted by Crippen LogP contribution is 2.56. The minimum atomic E-state index is -5.05. The highest BCUT2D eigenvalue weighted by Gasteiger charge is 2.46. The molecule has 7 rings (SSSR count). The number of hydrogen-bond donors (Lipinski definition) is 4. The molecule has 1 aliphatic carbocycles. The maximum absolute atomic E-state index is 14.6. The zero-order valence-electron chi connectivity index (χ0n) is 27.2. The summed E-state index contributed by atoms with van der Waals surface area (Å²) >= 11 is 0. The highest BCUT2D eigenvalue weighted by atomic mass is 19.4. The van der Waals surface area contributed by atoms with E-state index >= 15 is 0 Å². The summed E-state index contributed by atoms with van der Waals surface area (Å²) in [4.78, 5) is 0. The third-order valence-corrected chi connectivity index (χ3v) is 8.57. The average Bonchev–Trinajstić information content (AvgIpc) is 3.38. The Kier molecular flexibility index (Phi) is 9.33. The lowest BCUT2D eigenvalue weighted by atomic mass is 9.67. The third kappa shape index (κ3) is 7.20. The van der Waals surface area contributed by atoms with Crippen LogP contribution in [0.3, 0.4) is 0 Å². The van der Waals surface area contributed by atoms with Crippen LogP contribution in [0.15, 0.2) is 121 Å². The van der Waals surface area contributed by atoms with Gasteiger partial charge in [-0.2, -0.15) is 0 Å². The van der Waals surface area contributed by atoms with Gasteiger partial charge in [-0.25, -0.2) is 8.78 Å². The van der Waals surface area contributed by atoms with Crippen molar-refractivity contribution in [2.45, 2.75) is 18.1 Å². The molecule has 0 fully saturated rings. The molecule has 6 aromatic carbocycles. The van der Waals surface area contributed by atoms with Crippen LogP contribution in [0.5, 0.6) is 11.5 Å². The van der Waals surface area contributed by atoms with Gasteiger partial charge in [-0.1, -0.05) is 60.7 Å². The largest absolute Gasteiger partial charge is 0.573 e. The summed E-state index contributed by atoms with van der Waals surface area (Å²) in [7, 11) is 0. The smallest absolute Gasteiger partial charge is 0.405 e. The van der Waals surface area contributed by atoms with Crippen LogP contribution in [0.1, 0.15) is 22.3 Å². The molecule has 6 nitrogen and oxygen atoms in total. The van der Waals surface area contributed by atoms with E-state index in [0.29, 0.717) is 11.1 Å². The molecule has 0 amide bonds. The second-order valence-corrected chi connectivity index (χ2v) is 11.9. The van der Waals surface area contributed by atoms with Gasteiger partial charge in [0.15, 0.2) is 0 Å². The summed E-state index contributed by atoms with van der Waals surface area (Å²) in [5.74, 6) is -2.53. The number of fused-ring (bicyclic) bond motifs is 3. The lowest BCUT2D eigenvalue weighted by Gasteiger charge is -2.34. The lowest BCUT2D eigenvalue weighted by molar-refractivity contribution is -0.276. The summed E-state index contributed by atoms with van der Waals surface area (Å²) in [5, 5.41) is 0. The number of alkyl halides is 6. The molecule has 0 saturated heterocycles. The van der Waals surface area contributed by atoms with Crippen molar-refractivity contribution in [3.63, 3.8) is 0 Å². The zero-order chi connectivity index (χ0) is 38.3. The minimum Gasteiger partial charge on any atom is -0.405 e. The molecule has 0 spiro atoms. The van der Waals surface area contributed by atoms with E-state index in [1.54, 1.807) is 12.1 Å². The van der Waals surface area contributed by atoms with Crippen LogP contribution in [-0.2, 0) is 5.41 Å². The Bertz CT molecular complexity index is 2160. The number of nitrogen functional groups attached to an aromatic ring is 4. The number of rotatable bonds is 5. The first-order valence-corrected chi connectivity index (χ1v) is 15.6. The van der Waals surface area contributed by atoms with E-state index in [-0.39, 0.29) is 33.9 Å². The van der Waals surface area contributed by atoms with Crippen LogP contribution < -0.4 is 32.4 Å². The van der Waals surface area contributed by atoms with Gasteiger partial charge >= 0.3 is 12.7 Å². The quantitative estimate of drug-likeness (QED) is 0.103. The standard InChI is InChI=1S/C25H18F2N2.C14H10F6N2O2/c26-21-13-15(9-11-23(21)28)25(16-10-12-24(29)22(27)14-16)19-7-3-1-5-17(19)18-6-2-4-8-20(18)25;15-13(16,17)23-11-5-7(21)1-3-9(11)10-4-2-8(22)6-12(10)24-14(18,19)20/h1-14H,28-29H2;1-6H,21-22H2. The molecule has 8 N–H and O–H groups in total. The van der Waals surface area contributed by atoms with Crippen LogP contribution in [0, 0.1) is 11.6 Å². The molecular formula is C39H28F8N4O2. The van der Waals surface area contributed by atoms with E-state index in [9.17, 15) is 35.1 Å². The van der Waals surface area contributed by atoms with Crippen molar-refractivity contribution in [2.24, 2.45) is 0 Å². The van der Waals surface area contributed by atoms with Crippen LogP contribution in [0.4, 0.5) is 57.9 Å². The molecule has 0 unspecified atom stereocenters. The first-order chi connectivity index (χ1) is 25.0. The highest BCUT2D eigenvalue weighted by molar-refractivity contribution is 5.86. The first kappa shape index (κ1) is 36.4. The van der Waals surface area contributed by atoms with Gasteiger partial charge in [-0.05, 0) is 81.9 Å². The molecule has 14 heteroatoms. The molecule has 0 radical (unpaired) electrons. The SMILES string of the molecule is Nc1ccc(-c2ccc(N)cc2OC(F)(F)F)c(OC(F)(F)F)c1.Nc1ccc(C2(c3ccc(N)c(F)c3)c3ccccc3-c3ccccc32)cc1F. The fraction of sp³-hybridized carbons (Fsp3) is 0.0769. The average molecular weight is 737 g/mol. The van der Waals surface area contributed by atoms with Crippen molar-refractivity contribution in [1.82, 2.24) is 0 Å². The molecule has 272 valence electrons. The Hall–Kier alpha value is -6.44. The Labute approximate surface area is 297 Å². The van der Waals surface area contributed by atoms with E-state index in [1.165, 1.54) is 24.3 Å². The van der Waals surface area contributed by atoms with Gasteiger partial charge in [0.2, 0.25) is 0 Å². The Morgan fingerprint density at radius 2 is 0.811 bits per heavy atom. The maximum atomic E-state index is 14.6. The van der Waals surface area contributed by atoms with Gasteiger partial charge in [0.05, 0.1) is 16.8 Å². The summed E-state index contributed by atoms with van der Waals surface area (Å²) in [6, 6.07) is 31.9. The van der Waals surface area contributed by atoms with Crippen molar-refractivity contribution in [3.8, 4) is 33.8 Å².